The summed E-state index contributed by atoms with van der Waals surface area (Å²) in [5.74, 6) is 0.0750. The van der Waals surface area contributed by atoms with Gasteiger partial charge in [-0.1, -0.05) is 5.16 Å². The lowest BCUT2D eigenvalue weighted by Crippen LogP contribution is -2.52. The third-order valence-corrected chi connectivity index (χ3v) is 11.1. The van der Waals surface area contributed by atoms with Gasteiger partial charge in [-0.05, 0) is 74.5 Å². The topological polar surface area (TPSA) is 205 Å². The highest BCUT2D eigenvalue weighted by molar-refractivity contribution is 6.05. The highest BCUT2D eigenvalue weighted by atomic mass is 16.5. The van der Waals surface area contributed by atoms with E-state index in [2.05, 4.69) is 57.0 Å². The van der Waals surface area contributed by atoms with E-state index in [1.54, 1.807) is 28.0 Å². The molecule has 0 aliphatic carbocycles. The molecular formula is C39H42N12O6. The van der Waals surface area contributed by atoms with Crippen molar-refractivity contribution in [2.75, 3.05) is 54.9 Å². The number of anilines is 3. The second-order valence-corrected chi connectivity index (χ2v) is 14.8. The van der Waals surface area contributed by atoms with Crippen LogP contribution in [0.2, 0.25) is 0 Å². The van der Waals surface area contributed by atoms with Gasteiger partial charge in [0.25, 0.3) is 5.91 Å². The molecule has 18 nitrogen and oxygen atoms in total. The number of pyridine rings is 1. The number of carbonyl (C=O) groups excluding carboxylic acids is 4. The van der Waals surface area contributed by atoms with Crippen molar-refractivity contribution in [1.82, 2.24) is 44.8 Å². The molecule has 2 unspecified atom stereocenters. The van der Waals surface area contributed by atoms with Crippen LogP contribution in [0.3, 0.4) is 0 Å². The molecule has 9 rings (SSSR count). The van der Waals surface area contributed by atoms with Crippen LogP contribution >= 0.6 is 0 Å². The van der Waals surface area contributed by atoms with Gasteiger partial charge in [-0.15, -0.1) is 0 Å². The number of piperazine rings is 1. The van der Waals surface area contributed by atoms with E-state index in [0.29, 0.717) is 66.0 Å². The summed E-state index contributed by atoms with van der Waals surface area (Å²) >= 11 is 0. The zero-order valence-corrected chi connectivity index (χ0v) is 31.4. The Bertz CT molecular complexity index is 2360. The minimum Gasteiger partial charge on any atom is -0.372 e. The van der Waals surface area contributed by atoms with Crippen molar-refractivity contribution in [2.45, 2.75) is 64.1 Å². The van der Waals surface area contributed by atoms with Crippen molar-refractivity contribution in [2.24, 2.45) is 0 Å². The van der Waals surface area contributed by atoms with Crippen molar-refractivity contribution < 1.29 is 28.4 Å². The molecule has 2 atom stereocenters. The second-order valence-electron chi connectivity index (χ2n) is 14.8. The number of nitrogens with zero attached hydrogens (tertiary/aromatic N) is 9. The summed E-state index contributed by atoms with van der Waals surface area (Å²) in [7, 11) is 0. The first kappa shape index (κ1) is 36.4. The van der Waals surface area contributed by atoms with Gasteiger partial charge in [0, 0.05) is 69.5 Å². The van der Waals surface area contributed by atoms with Crippen molar-refractivity contribution >= 4 is 46.5 Å². The molecule has 0 radical (unpaired) electrons. The summed E-state index contributed by atoms with van der Waals surface area (Å²) in [6.45, 7) is 7.26. The molecule has 4 aliphatic rings. The molecule has 0 spiro atoms. The average molecular weight is 775 g/mol. The van der Waals surface area contributed by atoms with Crippen LogP contribution in [-0.4, -0.2) is 109 Å². The molecule has 3 N–H and O–H groups in total. The predicted octanol–water partition coefficient (Wildman–Crippen LogP) is 3.49. The first-order valence-electron chi connectivity index (χ1n) is 19.3. The SMILES string of the molecule is Cc1cc(NC(=O)Nc2cnc3ccnn3c2C2CCCO2)cnc1-c1noc(CCCN2CCN(c3ccc4c(c3)CN(C3CCC(=O)NC3=O)C4=O)CC2)n1. The number of ether oxygens (including phenoxy) is 1. The van der Waals surface area contributed by atoms with Crippen LogP contribution < -0.4 is 20.9 Å². The number of nitrogens with one attached hydrogen (secondary N) is 3. The Morgan fingerprint density at radius 2 is 1.89 bits per heavy atom. The predicted molar refractivity (Wildman–Crippen MR) is 205 cm³/mol. The lowest BCUT2D eigenvalue weighted by molar-refractivity contribution is -0.136. The maximum atomic E-state index is 13.1. The molecule has 5 aromatic rings. The number of rotatable bonds is 10. The molecular weight excluding hydrogens is 733 g/mol. The normalized spacial score (nSPS) is 20.0. The van der Waals surface area contributed by atoms with E-state index in [1.165, 1.54) is 0 Å². The first-order chi connectivity index (χ1) is 27.8. The Balaban J connectivity index is 0.745. The maximum absolute atomic E-state index is 13.1. The van der Waals surface area contributed by atoms with Crippen molar-refractivity contribution in [3.8, 4) is 11.5 Å². The average Bonchev–Trinajstić information content (AvgIpc) is 4.04. The summed E-state index contributed by atoms with van der Waals surface area (Å²) in [4.78, 5) is 70.1. The van der Waals surface area contributed by atoms with Gasteiger partial charge in [0.05, 0.1) is 35.7 Å². The molecule has 4 aliphatic heterocycles. The highest BCUT2D eigenvalue weighted by Gasteiger charge is 2.39. The maximum Gasteiger partial charge on any atom is 0.323 e. The Morgan fingerprint density at radius 1 is 1.02 bits per heavy atom. The number of fused-ring (bicyclic) bond motifs is 2. The van der Waals surface area contributed by atoms with E-state index in [4.69, 9.17) is 9.26 Å². The largest absolute Gasteiger partial charge is 0.372 e. The van der Waals surface area contributed by atoms with E-state index in [1.807, 2.05) is 31.2 Å². The van der Waals surface area contributed by atoms with Crippen LogP contribution in [0, 0.1) is 6.92 Å². The van der Waals surface area contributed by atoms with Gasteiger partial charge in [0.2, 0.25) is 23.5 Å². The van der Waals surface area contributed by atoms with Crippen LogP contribution in [-0.2, 0) is 27.3 Å². The number of amides is 5. The number of aryl methyl sites for hydroxylation is 2. The van der Waals surface area contributed by atoms with E-state index in [0.717, 1.165) is 74.5 Å². The Kier molecular flexibility index (Phi) is 9.79. The third kappa shape index (κ3) is 7.40. The van der Waals surface area contributed by atoms with Gasteiger partial charge in [0.1, 0.15) is 17.8 Å². The number of hydrogen-bond donors (Lipinski definition) is 3. The number of imide groups is 1. The molecule has 57 heavy (non-hydrogen) atoms. The molecule has 3 fully saturated rings. The molecule has 8 heterocycles. The third-order valence-electron chi connectivity index (χ3n) is 11.1. The number of benzene rings is 1. The zero-order valence-electron chi connectivity index (χ0n) is 31.4. The standard InChI is InChI=1S/C39H42N12O6/c1-23-18-25(43-39(55)44-28-21-40-31-10-11-42-51(31)35(28)30-4-3-17-56-30)20-41-34(23)36-46-33(57-47-36)5-2-12-48-13-15-49(16-14-48)26-6-7-27-24(19-26)22-50(38(27)54)29-8-9-32(52)45-37(29)53/h6-7,10-11,18-21,29-30H,2-5,8-9,12-17,22H2,1H3,(H2,43,44,55)(H,45,52,53). The highest BCUT2D eigenvalue weighted by Crippen LogP contribution is 2.34. The molecule has 1 aromatic carbocycles. The number of carbonyl (C=O) groups is 4. The fourth-order valence-electron chi connectivity index (χ4n) is 8.15. The molecule has 0 saturated carbocycles. The fourth-order valence-corrected chi connectivity index (χ4v) is 8.15. The second kappa shape index (κ2) is 15.3. The van der Waals surface area contributed by atoms with Crippen LogP contribution in [0.4, 0.5) is 21.9 Å². The quantitative estimate of drug-likeness (QED) is 0.174. The van der Waals surface area contributed by atoms with E-state index in [-0.39, 0.29) is 24.3 Å². The lowest BCUT2D eigenvalue weighted by Gasteiger charge is -2.36. The van der Waals surface area contributed by atoms with Gasteiger partial charge in [-0.2, -0.15) is 10.1 Å². The molecule has 294 valence electrons. The Labute approximate surface area is 326 Å². The molecule has 3 saturated heterocycles. The number of piperidine rings is 1. The van der Waals surface area contributed by atoms with Gasteiger partial charge < -0.3 is 29.7 Å². The summed E-state index contributed by atoms with van der Waals surface area (Å²) in [6.07, 6.45) is 8.49. The zero-order chi connectivity index (χ0) is 39.0. The Hall–Kier alpha value is -6.27. The van der Waals surface area contributed by atoms with Crippen LogP contribution in [0.25, 0.3) is 17.2 Å². The van der Waals surface area contributed by atoms with E-state index in [9.17, 15) is 19.2 Å². The Morgan fingerprint density at radius 3 is 2.70 bits per heavy atom. The van der Waals surface area contributed by atoms with Crippen LogP contribution in [0.15, 0.2) is 53.4 Å². The minimum atomic E-state index is -0.619. The van der Waals surface area contributed by atoms with Crippen molar-refractivity contribution in [1.29, 1.82) is 0 Å². The van der Waals surface area contributed by atoms with E-state index >= 15 is 0 Å². The van der Waals surface area contributed by atoms with Gasteiger partial charge in [-0.3, -0.25) is 29.6 Å². The fraction of sp³-hybridized carbons (Fsp3) is 0.410. The van der Waals surface area contributed by atoms with Crippen molar-refractivity contribution in [3.63, 3.8) is 0 Å². The minimum absolute atomic E-state index is 0.161. The number of hydrogen-bond acceptors (Lipinski definition) is 13. The van der Waals surface area contributed by atoms with Crippen molar-refractivity contribution in [3.05, 3.63) is 77.2 Å². The van der Waals surface area contributed by atoms with Crippen LogP contribution in [0.1, 0.15) is 71.3 Å². The summed E-state index contributed by atoms with van der Waals surface area (Å²) in [5.41, 5.74) is 6.40. The first-order valence-corrected chi connectivity index (χ1v) is 19.3. The molecule has 4 aromatic heterocycles. The van der Waals surface area contributed by atoms with Gasteiger partial charge in [0.15, 0.2) is 5.65 Å². The number of urea groups is 1. The smallest absolute Gasteiger partial charge is 0.323 e. The molecule has 5 amide bonds. The van der Waals surface area contributed by atoms with E-state index < -0.39 is 18.0 Å². The molecule has 0 bridgehead atoms. The van der Waals surface area contributed by atoms with Gasteiger partial charge in [-0.25, -0.2) is 14.3 Å². The number of aromatic nitrogens is 6. The summed E-state index contributed by atoms with van der Waals surface area (Å²) in [6, 6.07) is 8.45. The van der Waals surface area contributed by atoms with Crippen LogP contribution in [0.5, 0.6) is 0 Å². The monoisotopic (exact) mass is 774 g/mol. The molecule has 18 heteroatoms. The summed E-state index contributed by atoms with van der Waals surface area (Å²) < 4.78 is 13.2. The van der Waals surface area contributed by atoms with Gasteiger partial charge >= 0.3 is 6.03 Å². The lowest BCUT2D eigenvalue weighted by atomic mass is 10.0. The summed E-state index contributed by atoms with van der Waals surface area (Å²) in [5, 5.41) is 16.7.